The molecule has 1 aromatic heterocycles. The number of hydrogen-bond donors (Lipinski definition) is 1. The molecule has 11 heteroatoms. The Morgan fingerprint density at radius 3 is 2.42 bits per heavy atom. The molecule has 10 nitrogen and oxygen atoms in total. The predicted octanol–water partition coefficient (Wildman–Crippen LogP) is 4.66. The molecule has 230 valence electrons. The number of hydrogen-bond acceptors (Lipinski definition) is 8. The van der Waals surface area contributed by atoms with Crippen molar-refractivity contribution in [1.82, 2.24) is 15.1 Å². The van der Waals surface area contributed by atoms with Crippen LogP contribution in [-0.2, 0) is 19.7 Å². The number of anilines is 1. The number of amides is 2. The van der Waals surface area contributed by atoms with Crippen molar-refractivity contribution in [2.75, 3.05) is 51.7 Å². The van der Waals surface area contributed by atoms with Gasteiger partial charge in [0.05, 0.1) is 49.8 Å². The molecule has 1 fully saturated rings. The first-order chi connectivity index (χ1) is 20.6. The molecule has 2 unspecified atom stereocenters. The van der Waals surface area contributed by atoms with E-state index in [2.05, 4.69) is 26.1 Å². The molecule has 5 rings (SSSR count). The Hall–Kier alpha value is -3.70. The molecule has 3 aromatic rings. The topological polar surface area (TPSA) is 104 Å². The molecule has 2 aliphatic rings. The van der Waals surface area contributed by atoms with E-state index in [0.29, 0.717) is 36.2 Å². The zero-order chi connectivity index (χ0) is 30.7. The normalized spacial score (nSPS) is 18.7. The first-order valence-corrected chi connectivity index (χ1v) is 15.5. The van der Waals surface area contributed by atoms with Crippen molar-refractivity contribution in [2.45, 2.75) is 50.4 Å². The molecule has 0 spiro atoms. The minimum atomic E-state index is -0.395. The van der Waals surface area contributed by atoms with Gasteiger partial charge in [0, 0.05) is 29.7 Å². The Kier molecular flexibility index (Phi) is 9.22. The van der Waals surface area contributed by atoms with Crippen LogP contribution in [0, 0.1) is 0 Å². The number of benzene rings is 2. The Bertz CT molecular complexity index is 1460. The largest absolute Gasteiger partial charge is 0.497 e. The van der Waals surface area contributed by atoms with Crippen LogP contribution in [0.2, 0.25) is 0 Å². The van der Waals surface area contributed by atoms with E-state index < -0.39 is 5.41 Å². The molecule has 2 atom stereocenters. The Balaban J connectivity index is 1.69. The SMILES string of the molecule is COc1ccc(-n2nc(C(C)(C)C)c3c2N(CC(=O)NCC2CCCO2)C(=O)CSC3c2cc(OC)ccc2OC)cc1. The first kappa shape index (κ1) is 30.7. The maximum atomic E-state index is 14.0. The fraction of sp³-hybridized carbons (Fsp3) is 0.469. The summed E-state index contributed by atoms with van der Waals surface area (Å²) in [5.74, 6) is 2.34. The maximum absolute atomic E-state index is 14.0. The number of thioether (sulfide) groups is 1. The van der Waals surface area contributed by atoms with Gasteiger partial charge in [-0.15, -0.1) is 11.8 Å². The van der Waals surface area contributed by atoms with Crippen LogP contribution in [0.3, 0.4) is 0 Å². The van der Waals surface area contributed by atoms with Crippen molar-refractivity contribution in [3.8, 4) is 22.9 Å². The molecule has 0 radical (unpaired) electrons. The molecule has 2 aliphatic heterocycles. The second kappa shape index (κ2) is 12.9. The minimum Gasteiger partial charge on any atom is -0.497 e. The lowest BCUT2D eigenvalue weighted by atomic mass is 9.87. The fourth-order valence-corrected chi connectivity index (χ4v) is 6.71. The minimum absolute atomic E-state index is 0.00266. The quantitative estimate of drug-likeness (QED) is 0.374. The number of ether oxygens (including phenoxy) is 4. The number of fused-ring (bicyclic) bond motifs is 1. The van der Waals surface area contributed by atoms with Crippen molar-refractivity contribution in [3.63, 3.8) is 0 Å². The highest BCUT2D eigenvalue weighted by molar-refractivity contribution is 8.00. The van der Waals surface area contributed by atoms with E-state index in [1.165, 1.54) is 11.8 Å². The van der Waals surface area contributed by atoms with E-state index in [1.807, 2.05) is 42.5 Å². The summed E-state index contributed by atoms with van der Waals surface area (Å²) >= 11 is 1.49. The van der Waals surface area contributed by atoms with Crippen LogP contribution in [0.15, 0.2) is 42.5 Å². The van der Waals surface area contributed by atoms with Crippen molar-refractivity contribution in [2.24, 2.45) is 0 Å². The zero-order valence-corrected chi connectivity index (χ0v) is 26.5. The van der Waals surface area contributed by atoms with E-state index in [-0.39, 0.29) is 35.5 Å². The van der Waals surface area contributed by atoms with Gasteiger partial charge < -0.3 is 24.3 Å². The Morgan fingerprint density at radius 2 is 1.79 bits per heavy atom. The van der Waals surface area contributed by atoms with Gasteiger partial charge in [-0.3, -0.25) is 14.5 Å². The summed E-state index contributed by atoms with van der Waals surface area (Å²) in [7, 11) is 4.88. The highest BCUT2D eigenvalue weighted by atomic mass is 32.2. The van der Waals surface area contributed by atoms with Crippen molar-refractivity contribution in [1.29, 1.82) is 0 Å². The Labute approximate surface area is 257 Å². The molecule has 0 saturated carbocycles. The summed E-state index contributed by atoms with van der Waals surface area (Å²) in [5, 5.41) is 7.81. The lowest BCUT2D eigenvalue weighted by molar-refractivity contribution is -0.123. The highest BCUT2D eigenvalue weighted by Crippen LogP contribution is 2.51. The van der Waals surface area contributed by atoms with Crippen LogP contribution < -0.4 is 24.4 Å². The molecule has 1 N–H and O–H groups in total. The molecule has 2 aromatic carbocycles. The second-order valence-electron chi connectivity index (χ2n) is 11.7. The number of nitrogens with one attached hydrogen (secondary N) is 1. The van der Waals surface area contributed by atoms with Gasteiger partial charge in [0.1, 0.15) is 29.6 Å². The molecule has 1 saturated heterocycles. The summed E-state index contributed by atoms with van der Waals surface area (Å²) < 4.78 is 24.3. The van der Waals surface area contributed by atoms with Crippen molar-refractivity contribution < 1.29 is 28.5 Å². The standard InChI is InChI=1S/C32H40N4O6S/c1-32(2,3)30-28-29(24-16-22(40-5)13-14-25(24)41-6)43-19-27(38)35(18-26(37)33-17-23-8-7-15-42-23)31(28)36(34-30)20-9-11-21(39-4)12-10-20/h9-14,16,23,29H,7-8,15,17-19H2,1-6H3,(H,33,37). The van der Waals surface area contributed by atoms with Crippen molar-refractivity contribution >= 4 is 29.4 Å². The van der Waals surface area contributed by atoms with Crippen LogP contribution in [0.1, 0.15) is 55.7 Å². The van der Waals surface area contributed by atoms with Crippen LogP contribution >= 0.6 is 11.8 Å². The van der Waals surface area contributed by atoms with Crippen LogP contribution in [0.4, 0.5) is 5.82 Å². The highest BCUT2D eigenvalue weighted by Gasteiger charge is 2.41. The maximum Gasteiger partial charge on any atom is 0.240 e. The average molecular weight is 609 g/mol. The molecule has 3 heterocycles. The first-order valence-electron chi connectivity index (χ1n) is 14.4. The van der Waals surface area contributed by atoms with E-state index in [9.17, 15) is 9.59 Å². The third-order valence-corrected chi connectivity index (χ3v) is 8.92. The lowest BCUT2D eigenvalue weighted by Gasteiger charge is -2.25. The molecule has 0 aliphatic carbocycles. The fourth-order valence-electron chi connectivity index (χ4n) is 5.50. The number of nitrogens with zero attached hydrogens (tertiary/aromatic N) is 3. The van der Waals surface area contributed by atoms with Gasteiger partial charge in [0.15, 0.2) is 0 Å². The van der Waals surface area contributed by atoms with Gasteiger partial charge in [-0.25, -0.2) is 4.68 Å². The molecule has 43 heavy (non-hydrogen) atoms. The number of rotatable bonds is 9. The van der Waals surface area contributed by atoms with Gasteiger partial charge in [0.2, 0.25) is 11.8 Å². The predicted molar refractivity (Wildman–Crippen MR) is 167 cm³/mol. The van der Waals surface area contributed by atoms with E-state index in [4.69, 9.17) is 24.0 Å². The van der Waals surface area contributed by atoms with Gasteiger partial charge in [0.25, 0.3) is 0 Å². The van der Waals surface area contributed by atoms with Gasteiger partial charge in [-0.2, -0.15) is 5.10 Å². The van der Waals surface area contributed by atoms with Gasteiger partial charge in [-0.1, -0.05) is 20.8 Å². The second-order valence-corrected chi connectivity index (χ2v) is 12.8. The summed E-state index contributed by atoms with van der Waals surface area (Å²) in [5.41, 5.74) is 2.89. The van der Waals surface area contributed by atoms with E-state index in [1.54, 1.807) is 30.9 Å². The monoisotopic (exact) mass is 608 g/mol. The molecule has 0 bridgehead atoms. The van der Waals surface area contributed by atoms with E-state index >= 15 is 0 Å². The van der Waals surface area contributed by atoms with Crippen molar-refractivity contribution in [3.05, 3.63) is 59.3 Å². The number of carbonyl (C=O) groups is 2. The molecule has 2 amide bonds. The summed E-state index contributed by atoms with van der Waals surface area (Å²) in [6, 6.07) is 13.2. The number of carbonyl (C=O) groups excluding carboxylic acids is 2. The number of aromatic nitrogens is 2. The smallest absolute Gasteiger partial charge is 0.240 e. The third kappa shape index (κ3) is 6.47. The lowest BCUT2D eigenvalue weighted by Crippen LogP contribution is -2.44. The summed E-state index contributed by atoms with van der Waals surface area (Å²) in [6.07, 6.45) is 1.89. The summed E-state index contributed by atoms with van der Waals surface area (Å²) in [6.45, 7) is 7.28. The van der Waals surface area contributed by atoms with Gasteiger partial charge >= 0.3 is 0 Å². The average Bonchev–Trinajstić information content (AvgIpc) is 3.65. The van der Waals surface area contributed by atoms with E-state index in [0.717, 1.165) is 35.3 Å². The van der Waals surface area contributed by atoms with Crippen LogP contribution in [0.25, 0.3) is 5.69 Å². The third-order valence-electron chi connectivity index (χ3n) is 7.69. The zero-order valence-electron chi connectivity index (χ0n) is 25.6. The van der Waals surface area contributed by atoms with Crippen LogP contribution in [0.5, 0.6) is 17.2 Å². The summed E-state index contributed by atoms with van der Waals surface area (Å²) in [4.78, 5) is 28.9. The Morgan fingerprint density at radius 1 is 1.07 bits per heavy atom. The molecular formula is C32H40N4O6S. The van der Waals surface area contributed by atoms with Gasteiger partial charge in [-0.05, 0) is 55.3 Å². The van der Waals surface area contributed by atoms with Crippen LogP contribution in [-0.4, -0.2) is 74.5 Å². The molecular weight excluding hydrogens is 568 g/mol. The number of methoxy groups -OCH3 is 3.